The molecule has 1 saturated heterocycles. The monoisotopic (exact) mass is 303 g/mol. The van der Waals surface area contributed by atoms with Gasteiger partial charge in [0.25, 0.3) is 0 Å². The summed E-state index contributed by atoms with van der Waals surface area (Å²) in [6.45, 7) is 4.46. The molecular formula is C14H15BClN3O2. The van der Waals surface area contributed by atoms with E-state index in [0.717, 1.165) is 43.0 Å². The van der Waals surface area contributed by atoms with Crippen molar-refractivity contribution in [1.29, 1.82) is 0 Å². The number of hydrogen-bond acceptors (Lipinski definition) is 5. The van der Waals surface area contributed by atoms with Gasteiger partial charge in [-0.05, 0) is 30.7 Å². The van der Waals surface area contributed by atoms with Crippen molar-refractivity contribution in [2.75, 3.05) is 31.2 Å². The first-order valence-corrected chi connectivity index (χ1v) is 6.96. The molecule has 7 heteroatoms. The third kappa shape index (κ3) is 4.41. The molecule has 2 radical (unpaired) electrons. The van der Waals surface area contributed by atoms with Gasteiger partial charge in [-0.3, -0.25) is 0 Å². The maximum atomic E-state index is 9.22. The summed E-state index contributed by atoms with van der Waals surface area (Å²) >= 11 is 5.96. The number of benzene rings is 1. The number of anilines is 1. The molecule has 0 N–H and O–H groups in total. The summed E-state index contributed by atoms with van der Waals surface area (Å²) in [4.78, 5) is 20.0. The summed E-state index contributed by atoms with van der Waals surface area (Å²) in [5.74, 6) is 0.906. The van der Waals surface area contributed by atoms with E-state index in [9.17, 15) is 4.79 Å². The highest BCUT2D eigenvalue weighted by molar-refractivity contribution is 6.56. The summed E-state index contributed by atoms with van der Waals surface area (Å²) in [5.41, 5.74) is 0.550. The highest BCUT2D eigenvalue weighted by Gasteiger charge is 2.16. The highest BCUT2D eigenvalue weighted by atomic mass is 35.5. The number of halogens is 1. The molecule has 1 aliphatic rings. The zero-order valence-corrected chi connectivity index (χ0v) is 12.5. The van der Waals surface area contributed by atoms with Crippen LogP contribution in [0.5, 0.6) is 0 Å². The van der Waals surface area contributed by atoms with Crippen molar-refractivity contribution in [2.45, 2.75) is 6.92 Å². The second-order valence-electron chi connectivity index (χ2n) is 4.54. The number of para-hydroxylation sites is 1. The Bertz CT molecular complexity index is 629. The fourth-order valence-corrected chi connectivity index (χ4v) is 2.22. The highest BCUT2D eigenvalue weighted by Crippen LogP contribution is 2.25. The molecule has 2 aromatic rings. The maximum Gasteiger partial charge on any atom is 0.224 e. The van der Waals surface area contributed by atoms with Crippen LogP contribution in [0.15, 0.2) is 24.3 Å². The average Bonchev–Trinajstić information content (AvgIpc) is 2.46. The van der Waals surface area contributed by atoms with E-state index >= 15 is 0 Å². The minimum atomic E-state index is -0.333. The van der Waals surface area contributed by atoms with Crippen LogP contribution in [0.1, 0.15) is 6.92 Å². The van der Waals surface area contributed by atoms with Gasteiger partial charge in [-0.2, -0.15) is 4.98 Å². The largest absolute Gasteiger partial charge is 0.378 e. The Morgan fingerprint density at radius 2 is 1.90 bits per heavy atom. The van der Waals surface area contributed by atoms with Crippen LogP contribution < -0.4 is 4.90 Å². The molecule has 5 nitrogen and oxygen atoms in total. The van der Waals surface area contributed by atoms with E-state index in [1.165, 1.54) is 6.92 Å². The summed E-state index contributed by atoms with van der Waals surface area (Å²) in [5, 5.41) is 1.34. The molecule has 0 amide bonds. The van der Waals surface area contributed by atoms with Crippen LogP contribution in [0.25, 0.3) is 10.9 Å². The Balaban J connectivity index is 0.000000361. The molecule has 1 aliphatic heterocycles. The number of rotatable bonds is 1. The standard InChI is InChI=1S/C12H12ClN3O.C2H3BO/c13-12-14-10-4-2-1-3-9(10)11(15-12)16-5-7-17-8-6-16;1-2(3)4/h1-4H,5-8H2;1H3. The Hall–Kier alpha value is -1.66. The molecule has 0 atom stereocenters. The Kier molecular flexibility index (Phi) is 5.53. The number of nitrogens with zero attached hydrogens (tertiary/aromatic N) is 3. The van der Waals surface area contributed by atoms with Crippen molar-refractivity contribution in [3.63, 3.8) is 0 Å². The topological polar surface area (TPSA) is 55.3 Å². The first-order valence-electron chi connectivity index (χ1n) is 6.59. The molecule has 0 saturated carbocycles. The molecule has 1 aromatic heterocycles. The molecule has 0 bridgehead atoms. The van der Waals surface area contributed by atoms with Gasteiger partial charge in [0.1, 0.15) is 5.82 Å². The first kappa shape index (κ1) is 15.7. The Morgan fingerprint density at radius 3 is 2.57 bits per heavy atom. The molecule has 1 aromatic carbocycles. The van der Waals surface area contributed by atoms with E-state index in [-0.39, 0.29) is 5.68 Å². The van der Waals surface area contributed by atoms with E-state index in [1.54, 1.807) is 0 Å². The van der Waals surface area contributed by atoms with Crippen LogP contribution in [-0.2, 0) is 9.53 Å². The van der Waals surface area contributed by atoms with Crippen molar-refractivity contribution < 1.29 is 9.53 Å². The van der Waals surface area contributed by atoms with Gasteiger partial charge in [0.2, 0.25) is 5.28 Å². The normalized spacial score (nSPS) is 14.5. The van der Waals surface area contributed by atoms with Crippen molar-refractivity contribution in [3.8, 4) is 0 Å². The van der Waals surface area contributed by atoms with Gasteiger partial charge in [-0.25, -0.2) is 4.98 Å². The minimum absolute atomic E-state index is 0.296. The second kappa shape index (κ2) is 7.38. The van der Waals surface area contributed by atoms with Crippen LogP contribution in [-0.4, -0.2) is 49.8 Å². The van der Waals surface area contributed by atoms with Gasteiger partial charge < -0.3 is 14.4 Å². The number of hydrogen-bond donors (Lipinski definition) is 0. The number of ether oxygens (including phenoxy) is 1. The van der Waals surface area contributed by atoms with Crippen molar-refractivity contribution in [2.24, 2.45) is 0 Å². The maximum absolute atomic E-state index is 9.22. The quantitative estimate of drug-likeness (QED) is 0.594. The SMILES string of the molecule is Clc1nc(N2CCOCC2)c2ccccc2n1.[B]C(C)=O. The van der Waals surface area contributed by atoms with Crippen molar-refractivity contribution in [1.82, 2.24) is 9.97 Å². The number of fused-ring (bicyclic) bond motifs is 1. The first-order chi connectivity index (χ1) is 10.1. The van der Waals surface area contributed by atoms with E-state index in [0.29, 0.717) is 5.28 Å². The van der Waals surface area contributed by atoms with Crippen molar-refractivity contribution >= 4 is 41.9 Å². The third-order valence-electron chi connectivity index (χ3n) is 2.87. The molecule has 3 rings (SSSR count). The van der Waals surface area contributed by atoms with Crippen LogP contribution >= 0.6 is 11.6 Å². The number of morpholine rings is 1. The second-order valence-corrected chi connectivity index (χ2v) is 4.88. The smallest absolute Gasteiger partial charge is 0.224 e. The fourth-order valence-electron chi connectivity index (χ4n) is 2.05. The predicted molar refractivity (Wildman–Crippen MR) is 84.0 cm³/mol. The third-order valence-corrected chi connectivity index (χ3v) is 3.04. The summed E-state index contributed by atoms with van der Waals surface area (Å²) < 4.78 is 5.35. The molecule has 2 heterocycles. The zero-order chi connectivity index (χ0) is 15.2. The lowest BCUT2D eigenvalue weighted by Crippen LogP contribution is -2.37. The number of carbonyl (C=O) groups excluding carboxylic acids is 1. The van der Waals surface area contributed by atoms with Crippen LogP contribution in [0.4, 0.5) is 5.82 Å². The van der Waals surface area contributed by atoms with E-state index in [4.69, 9.17) is 16.3 Å². The molecular weight excluding hydrogens is 288 g/mol. The van der Waals surface area contributed by atoms with Gasteiger partial charge >= 0.3 is 0 Å². The lowest BCUT2D eigenvalue weighted by Gasteiger charge is -2.28. The van der Waals surface area contributed by atoms with Crippen LogP contribution in [0, 0.1) is 0 Å². The number of aromatic nitrogens is 2. The molecule has 0 spiro atoms. The molecule has 1 fully saturated rings. The summed E-state index contributed by atoms with van der Waals surface area (Å²) in [7, 11) is 4.47. The van der Waals surface area contributed by atoms with Gasteiger partial charge in [0.05, 0.1) is 24.4 Å². The molecule has 0 aliphatic carbocycles. The van der Waals surface area contributed by atoms with E-state index in [1.807, 2.05) is 24.3 Å². The summed E-state index contributed by atoms with van der Waals surface area (Å²) in [6, 6.07) is 7.92. The zero-order valence-electron chi connectivity index (χ0n) is 11.8. The summed E-state index contributed by atoms with van der Waals surface area (Å²) in [6.07, 6.45) is 0. The molecule has 21 heavy (non-hydrogen) atoms. The molecule has 0 unspecified atom stereocenters. The van der Waals surface area contributed by atoms with Gasteiger partial charge in [-0.1, -0.05) is 12.1 Å². The lowest BCUT2D eigenvalue weighted by atomic mass is 10.1. The fraction of sp³-hybridized carbons (Fsp3) is 0.357. The Labute approximate surface area is 129 Å². The lowest BCUT2D eigenvalue weighted by molar-refractivity contribution is -0.109. The minimum Gasteiger partial charge on any atom is -0.378 e. The average molecular weight is 304 g/mol. The van der Waals surface area contributed by atoms with Gasteiger partial charge in [0.15, 0.2) is 7.85 Å². The number of carbonyl (C=O) groups is 1. The van der Waals surface area contributed by atoms with Gasteiger partial charge in [-0.15, -0.1) is 0 Å². The van der Waals surface area contributed by atoms with E-state index < -0.39 is 0 Å². The molecule has 108 valence electrons. The van der Waals surface area contributed by atoms with Crippen LogP contribution in [0.2, 0.25) is 5.28 Å². The van der Waals surface area contributed by atoms with Crippen LogP contribution in [0.3, 0.4) is 0 Å². The van der Waals surface area contributed by atoms with Crippen molar-refractivity contribution in [3.05, 3.63) is 29.5 Å². The predicted octanol–water partition coefficient (Wildman–Crippen LogP) is 1.82. The Morgan fingerprint density at radius 1 is 1.29 bits per heavy atom. The van der Waals surface area contributed by atoms with E-state index in [2.05, 4.69) is 22.7 Å². The van der Waals surface area contributed by atoms with Gasteiger partial charge in [0, 0.05) is 18.5 Å².